The summed E-state index contributed by atoms with van der Waals surface area (Å²) in [5.41, 5.74) is 0.528. The fraction of sp³-hybridized carbons (Fsp3) is 0.529. The van der Waals surface area contributed by atoms with E-state index in [1.807, 2.05) is 6.07 Å². The summed E-state index contributed by atoms with van der Waals surface area (Å²) in [6, 6.07) is 6.56. The largest absolute Gasteiger partial charge is 0.481 e. The third-order valence-corrected chi connectivity index (χ3v) is 7.38. The van der Waals surface area contributed by atoms with E-state index in [0.717, 1.165) is 6.42 Å². The first-order chi connectivity index (χ1) is 11.3. The van der Waals surface area contributed by atoms with E-state index in [9.17, 15) is 18.3 Å². The van der Waals surface area contributed by atoms with Crippen molar-refractivity contribution in [2.75, 3.05) is 6.54 Å². The molecule has 1 atom stereocenters. The third-order valence-electron chi connectivity index (χ3n) is 5.38. The summed E-state index contributed by atoms with van der Waals surface area (Å²) < 4.78 is 27.8. The van der Waals surface area contributed by atoms with E-state index >= 15 is 0 Å². The van der Waals surface area contributed by atoms with Gasteiger partial charge in [-0.1, -0.05) is 0 Å². The van der Waals surface area contributed by atoms with E-state index in [1.54, 1.807) is 6.92 Å². The molecule has 2 aliphatic rings. The molecular formula is C17H20N2O4S. The molecule has 7 heteroatoms. The van der Waals surface area contributed by atoms with Gasteiger partial charge in [0.15, 0.2) is 0 Å². The number of aliphatic carboxylic acids is 1. The number of sulfonamides is 1. The molecule has 1 saturated heterocycles. The van der Waals surface area contributed by atoms with Gasteiger partial charge in [0, 0.05) is 12.1 Å². The number of carboxylic acids is 1. The summed E-state index contributed by atoms with van der Waals surface area (Å²) in [6.07, 6.45) is 3.07. The van der Waals surface area contributed by atoms with Crippen molar-refractivity contribution in [1.29, 1.82) is 5.26 Å². The van der Waals surface area contributed by atoms with Gasteiger partial charge in [0.25, 0.3) is 0 Å². The Balaban J connectivity index is 1.96. The van der Waals surface area contributed by atoms with Crippen molar-refractivity contribution >= 4 is 16.0 Å². The first-order valence-corrected chi connectivity index (χ1v) is 9.51. The van der Waals surface area contributed by atoms with Gasteiger partial charge in [0.1, 0.15) is 0 Å². The summed E-state index contributed by atoms with van der Waals surface area (Å²) in [5.74, 6) is -1.31. The minimum absolute atomic E-state index is 0.180. The number of benzene rings is 1. The lowest BCUT2D eigenvalue weighted by atomic mass is 9.68. The lowest BCUT2D eigenvalue weighted by molar-refractivity contribution is -0.146. The van der Waals surface area contributed by atoms with Crippen molar-refractivity contribution < 1.29 is 18.3 Å². The van der Waals surface area contributed by atoms with E-state index in [0.29, 0.717) is 36.8 Å². The van der Waals surface area contributed by atoms with Crippen LogP contribution in [0.25, 0.3) is 0 Å². The molecule has 1 aliphatic carbocycles. The number of hydrogen-bond acceptors (Lipinski definition) is 4. The number of hydrogen-bond donors (Lipinski definition) is 1. The third kappa shape index (κ3) is 2.60. The van der Waals surface area contributed by atoms with Gasteiger partial charge in [-0.3, -0.25) is 4.79 Å². The molecule has 1 saturated carbocycles. The number of carboxylic acid groups (broad SMARTS) is 1. The molecule has 1 aromatic carbocycles. The molecule has 2 fully saturated rings. The zero-order chi connectivity index (χ0) is 17.5. The molecule has 0 aromatic heterocycles. The molecule has 1 heterocycles. The predicted octanol–water partition coefficient (Wildman–Crippen LogP) is 2.27. The highest BCUT2D eigenvalue weighted by Gasteiger charge is 2.52. The number of nitriles is 1. The molecule has 3 rings (SSSR count). The van der Waals surface area contributed by atoms with Crippen LogP contribution in [-0.2, 0) is 14.8 Å². The minimum Gasteiger partial charge on any atom is -0.481 e. The Bertz CT molecular complexity index is 821. The van der Waals surface area contributed by atoms with Crippen molar-refractivity contribution in [1.82, 2.24) is 4.31 Å². The highest BCUT2D eigenvalue weighted by Crippen LogP contribution is 2.48. The van der Waals surface area contributed by atoms with Crippen molar-refractivity contribution in [3.05, 3.63) is 29.3 Å². The monoisotopic (exact) mass is 348 g/mol. The van der Waals surface area contributed by atoms with Crippen LogP contribution in [0.3, 0.4) is 0 Å². The highest BCUT2D eigenvalue weighted by atomic mass is 32.2. The highest BCUT2D eigenvalue weighted by molar-refractivity contribution is 7.89. The first-order valence-electron chi connectivity index (χ1n) is 8.07. The van der Waals surface area contributed by atoms with Crippen LogP contribution in [0.15, 0.2) is 23.1 Å². The summed E-state index contributed by atoms with van der Waals surface area (Å²) in [6.45, 7) is 1.95. The molecule has 0 amide bonds. The minimum atomic E-state index is -3.70. The average Bonchev–Trinajstić information content (AvgIpc) is 2.52. The zero-order valence-corrected chi connectivity index (χ0v) is 14.3. The van der Waals surface area contributed by atoms with Gasteiger partial charge in [0.05, 0.1) is 22.4 Å². The maximum atomic E-state index is 13.1. The van der Waals surface area contributed by atoms with E-state index in [4.69, 9.17) is 5.26 Å². The summed E-state index contributed by atoms with van der Waals surface area (Å²) in [4.78, 5) is 11.5. The topological polar surface area (TPSA) is 98.5 Å². The second kappa shape index (κ2) is 5.87. The second-order valence-electron chi connectivity index (χ2n) is 6.77. The van der Waals surface area contributed by atoms with Crippen molar-refractivity contribution in [3.63, 3.8) is 0 Å². The van der Waals surface area contributed by atoms with Gasteiger partial charge in [-0.2, -0.15) is 9.57 Å². The SMILES string of the molecule is Cc1cc(S(=O)(=O)N2CCC(C(=O)O)CC23CCC3)ccc1C#N. The first kappa shape index (κ1) is 16.9. The Labute approximate surface area is 141 Å². The van der Waals surface area contributed by atoms with Gasteiger partial charge in [-0.05, 0) is 62.8 Å². The molecule has 1 spiro atoms. The van der Waals surface area contributed by atoms with Crippen molar-refractivity contribution in [2.24, 2.45) is 5.92 Å². The van der Waals surface area contributed by atoms with E-state index in [-0.39, 0.29) is 11.4 Å². The second-order valence-corrected chi connectivity index (χ2v) is 8.63. The van der Waals surface area contributed by atoms with Gasteiger partial charge >= 0.3 is 5.97 Å². The van der Waals surface area contributed by atoms with Crippen LogP contribution >= 0.6 is 0 Å². The van der Waals surface area contributed by atoms with Crippen LogP contribution < -0.4 is 0 Å². The summed E-state index contributed by atoms with van der Waals surface area (Å²) in [7, 11) is -3.70. The zero-order valence-electron chi connectivity index (χ0n) is 13.5. The summed E-state index contributed by atoms with van der Waals surface area (Å²) >= 11 is 0. The number of nitrogens with zero attached hydrogens (tertiary/aromatic N) is 2. The lowest BCUT2D eigenvalue weighted by Gasteiger charge is -2.53. The molecule has 1 N–H and O–H groups in total. The maximum Gasteiger partial charge on any atom is 0.306 e. The molecule has 0 bridgehead atoms. The van der Waals surface area contributed by atoms with Gasteiger partial charge in [-0.15, -0.1) is 0 Å². The summed E-state index contributed by atoms with van der Waals surface area (Å²) in [5, 5.41) is 18.3. The predicted molar refractivity (Wildman–Crippen MR) is 86.7 cm³/mol. The Morgan fingerprint density at radius 3 is 2.62 bits per heavy atom. The normalized spacial score (nSPS) is 23.4. The number of rotatable bonds is 3. The van der Waals surface area contributed by atoms with Crippen LogP contribution in [0, 0.1) is 24.2 Å². The van der Waals surface area contributed by atoms with E-state index < -0.39 is 27.4 Å². The maximum absolute atomic E-state index is 13.1. The molecule has 128 valence electrons. The fourth-order valence-corrected chi connectivity index (χ4v) is 5.78. The molecule has 1 unspecified atom stereocenters. The van der Waals surface area contributed by atoms with E-state index in [1.165, 1.54) is 22.5 Å². The Morgan fingerprint density at radius 1 is 1.42 bits per heavy atom. The number of piperidine rings is 1. The van der Waals surface area contributed by atoms with Gasteiger partial charge in [0.2, 0.25) is 10.0 Å². The van der Waals surface area contributed by atoms with Crippen molar-refractivity contribution in [3.8, 4) is 6.07 Å². The van der Waals surface area contributed by atoms with Crippen LogP contribution in [-0.4, -0.2) is 35.9 Å². The fourth-order valence-electron chi connectivity index (χ4n) is 3.85. The molecule has 1 aliphatic heterocycles. The lowest BCUT2D eigenvalue weighted by Crippen LogP contribution is -2.60. The van der Waals surface area contributed by atoms with Crippen molar-refractivity contribution in [2.45, 2.75) is 49.5 Å². The number of carbonyl (C=O) groups is 1. The molecule has 24 heavy (non-hydrogen) atoms. The van der Waals surface area contributed by atoms with Crippen LogP contribution in [0.2, 0.25) is 0 Å². The Hall–Kier alpha value is -1.91. The molecule has 0 radical (unpaired) electrons. The van der Waals surface area contributed by atoms with E-state index in [2.05, 4.69) is 0 Å². The van der Waals surface area contributed by atoms with Crippen LogP contribution in [0.5, 0.6) is 0 Å². The smallest absolute Gasteiger partial charge is 0.306 e. The molecule has 1 aromatic rings. The van der Waals surface area contributed by atoms with Gasteiger partial charge < -0.3 is 5.11 Å². The van der Waals surface area contributed by atoms with Crippen LogP contribution in [0.1, 0.15) is 43.2 Å². The Morgan fingerprint density at radius 2 is 2.12 bits per heavy atom. The standard InChI is InChI=1S/C17H20N2O4S/c1-12-9-15(4-3-14(12)11-18)24(22,23)19-8-5-13(16(20)21)10-17(19)6-2-7-17/h3-4,9,13H,2,5-8,10H2,1H3,(H,20,21). The Kier molecular flexibility index (Phi) is 4.14. The number of aryl methyl sites for hydroxylation is 1. The average molecular weight is 348 g/mol. The van der Waals surface area contributed by atoms with Crippen LogP contribution in [0.4, 0.5) is 0 Å². The molecular weight excluding hydrogens is 328 g/mol. The molecule has 6 nitrogen and oxygen atoms in total. The van der Waals surface area contributed by atoms with Gasteiger partial charge in [-0.25, -0.2) is 8.42 Å². The quantitative estimate of drug-likeness (QED) is 0.903.